The standard InChI is InChI=1S/C26H50O13/c1-28-25(27)24-37-21-20-35-17-16-33-13-12-31-9-8-29-6-7-30-10-11-32-14-15-34-18-19-36-22-23-39-26-4-2-3-5-38-26/h26H,2-24H2,1H3. The average molecular weight is 571 g/mol. The van der Waals surface area contributed by atoms with Crippen LogP contribution in [0.15, 0.2) is 0 Å². The molecule has 1 saturated heterocycles. The van der Waals surface area contributed by atoms with Crippen LogP contribution in [0.4, 0.5) is 0 Å². The van der Waals surface area contributed by atoms with Gasteiger partial charge in [0, 0.05) is 6.61 Å². The van der Waals surface area contributed by atoms with Gasteiger partial charge in [-0.3, -0.25) is 0 Å². The molecular formula is C26H50O13. The van der Waals surface area contributed by atoms with E-state index in [1.165, 1.54) is 7.11 Å². The van der Waals surface area contributed by atoms with E-state index in [0.29, 0.717) is 119 Å². The van der Waals surface area contributed by atoms with E-state index < -0.39 is 5.97 Å². The molecule has 13 nitrogen and oxygen atoms in total. The molecule has 1 aliphatic heterocycles. The van der Waals surface area contributed by atoms with Gasteiger partial charge >= 0.3 is 5.97 Å². The van der Waals surface area contributed by atoms with Crippen molar-refractivity contribution in [1.29, 1.82) is 0 Å². The Hall–Kier alpha value is -0.970. The Kier molecular flexibility index (Phi) is 27.7. The predicted octanol–water partition coefficient (Wildman–Crippen LogP) is 0.852. The fraction of sp³-hybridized carbons (Fsp3) is 0.962. The first-order valence-corrected chi connectivity index (χ1v) is 13.8. The van der Waals surface area contributed by atoms with Gasteiger partial charge in [-0.2, -0.15) is 0 Å². The zero-order valence-electron chi connectivity index (χ0n) is 23.6. The van der Waals surface area contributed by atoms with Crippen molar-refractivity contribution in [3.63, 3.8) is 0 Å². The molecule has 13 heteroatoms. The van der Waals surface area contributed by atoms with Gasteiger partial charge in [0.15, 0.2) is 6.29 Å². The monoisotopic (exact) mass is 570 g/mol. The summed E-state index contributed by atoms with van der Waals surface area (Å²) in [6.07, 6.45) is 3.18. The van der Waals surface area contributed by atoms with Crippen molar-refractivity contribution >= 4 is 5.97 Å². The fourth-order valence-electron chi connectivity index (χ4n) is 3.05. The summed E-state index contributed by atoms with van der Waals surface area (Å²) in [7, 11) is 1.32. The minimum atomic E-state index is -0.405. The minimum Gasteiger partial charge on any atom is -0.467 e. The number of rotatable bonds is 30. The largest absolute Gasteiger partial charge is 0.467 e. The van der Waals surface area contributed by atoms with Crippen LogP contribution in [0.25, 0.3) is 0 Å². The van der Waals surface area contributed by atoms with E-state index in [9.17, 15) is 4.79 Å². The van der Waals surface area contributed by atoms with Gasteiger partial charge in [0.1, 0.15) is 6.61 Å². The fourth-order valence-corrected chi connectivity index (χ4v) is 3.05. The summed E-state index contributed by atoms with van der Waals surface area (Å²) in [5.41, 5.74) is 0. The second-order valence-corrected chi connectivity index (χ2v) is 8.19. The molecule has 0 radical (unpaired) electrons. The maximum Gasteiger partial charge on any atom is 0.331 e. The van der Waals surface area contributed by atoms with Crippen LogP contribution in [0.3, 0.4) is 0 Å². The van der Waals surface area contributed by atoms with Crippen LogP contribution in [0.1, 0.15) is 19.3 Å². The third-order valence-corrected chi connectivity index (χ3v) is 5.09. The summed E-state index contributed by atoms with van der Waals surface area (Å²) in [5.74, 6) is -0.405. The maximum absolute atomic E-state index is 10.8. The Balaban J connectivity index is 1.62. The van der Waals surface area contributed by atoms with Gasteiger partial charge < -0.3 is 56.8 Å². The maximum atomic E-state index is 10.8. The number of carbonyl (C=O) groups excluding carboxylic acids is 1. The van der Waals surface area contributed by atoms with Crippen molar-refractivity contribution in [2.75, 3.05) is 139 Å². The van der Waals surface area contributed by atoms with Crippen molar-refractivity contribution in [2.24, 2.45) is 0 Å². The first-order valence-electron chi connectivity index (χ1n) is 13.8. The van der Waals surface area contributed by atoms with Gasteiger partial charge in [0.25, 0.3) is 0 Å². The molecule has 39 heavy (non-hydrogen) atoms. The molecule has 0 saturated carbocycles. The molecule has 1 atom stereocenters. The quantitative estimate of drug-likeness (QED) is 0.0895. The number of carbonyl (C=O) groups is 1. The average Bonchev–Trinajstić information content (AvgIpc) is 2.96. The lowest BCUT2D eigenvalue weighted by atomic mass is 10.2. The molecule has 1 unspecified atom stereocenters. The minimum absolute atomic E-state index is 0.0671. The van der Waals surface area contributed by atoms with E-state index in [0.717, 1.165) is 25.9 Å². The van der Waals surface area contributed by atoms with Gasteiger partial charge in [0.05, 0.1) is 126 Å². The SMILES string of the molecule is COC(=O)COCCOCCOCCOCCOCCOCCOCCOCCOCCOC1CCCCO1. The van der Waals surface area contributed by atoms with E-state index in [1.54, 1.807) is 0 Å². The van der Waals surface area contributed by atoms with Crippen LogP contribution in [0.2, 0.25) is 0 Å². The third-order valence-electron chi connectivity index (χ3n) is 5.09. The molecule has 0 amide bonds. The van der Waals surface area contributed by atoms with Crippen molar-refractivity contribution < 1.29 is 61.6 Å². The molecular weight excluding hydrogens is 520 g/mol. The highest BCUT2D eigenvalue weighted by Gasteiger charge is 2.13. The van der Waals surface area contributed by atoms with Gasteiger partial charge in [-0.15, -0.1) is 0 Å². The first kappa shape index (κ1) is 36.1. The molecule has 0 N–H and O–H groups in total. The zero-order valence-corrected chi connectivity index (χ0v) is 23.6. The summed E-state index contributed by atoms with van der Waals surface area (Å²) in [4.78, 5) is 10.8. The smallest absolute Gasteiger partial charge is 0.331 e. The lowest BCUT2D eigenvalue weighted by Gasteiger charge is -2.22. The van der Waals surface area contributed by atoms with E-state index >= 15 is 0 Å². The molecule has 0 aliphatic carbocycles. The number of ether oxygens (including phenoxy) is 12. The Bertz CT molecular complexity index is 506. The normalized spacial score (nSPS) is 15.6. The number of hydrogen-bond acceptors (Lipinski definition) is 13. The first-order chi connectivity index (χ1) is 19.3. The van der Waals surface area contributed by atoms with Crippen molar-refractivity contribution in [3.8, 4) is 0 Å². The van der Waals surface area contributed by atoms with Crippen LogP contribution < -0.4 is 0 Å². The zero-order chi connectivity index (χ0) is 27.9. The molecule has 0 bridgehead atoms. The molecule has 1 aliphatic rings. The lowest BCUT2D eigenvalue weighted by molar-refractivity contribution is -0.169. The molecule has 1 rings (SSSR count). The van der Waals surface area contributed by atoms with Crippen LogP contribution in [0, 0.1) is 0 Å². The van der Waals surface area contributed by atoms with E-state index in [1.807, 2.05) is 0 Å². The summed E-state index contributed by atoms with van der Waals surface area (Å²) >= 11 is 0. The Morgan fingerprint density at radius 2 is 0.897 bits per heavy atom. The van der Waals surface area contributed by atoms with Crippen molar-refractivity contribution in [3.05, 3.63) is 0 Å². The van der Waals surface area contributed by atoms with Crippen molar-refractivity contribution in [2.45, 2.75) is 25.6 Å². The summed E-state index contributed by atoms with van der Waals surface area (Å²) < 4.78 is 64.0. The second kappa shape index (κ2) is 30.0. The van der Waals surface area contributed by atoms with Crippen molar-refractivity contribution in [1.82, 2.24) is 0 Å². The molecule has 0 spiro atoms. The number of methoxy groups -OCH3 is 1. The summed E-state index contributed by atoms with van der Waals surface area (Å²) in [6.45, 7) is 9.54. The second-order valence-electron chi connectivity index (χ2n) is 8.19. The van der Waals surface area contributed by atoms with E-state index in [4.69, 9.17) is 52.1 Å². The number of esters is 1. The number of hydrogen-bond donors (Lipinski definition) is 0. The molecule has 0 aromatic rings. The van der Waals surface area contributed by atoms with E-state index in [2.05, 4.69) is 4.74 Å². The van der Waals surface area contributed by atoms with Crippen LogP contribution in [0.5, 0.6) is 0 Å². The molecule has 1 fully saturated rings. The molecule has 0 aromatic heterocycles. The summed E-state index contributed by atoms with van der Waals surface area (Å²) in [5, 5.41) is 0. The summed E-state index contributed by atoms with van der Waals surface area (Å²) in [6, 6.07) is 0. The highest BCUT2D eigenvalue weighted by Crippen LogP contribution is 2.13. The van der Waals surface area contributed by atoms with Crippen LogP contribution in [-0.4, -0.2) is 152 Å². The van der Waals surface area contributed by atoms with Crippen LogP contribution in [-0.2, 0) is 61.6 Å². The molecule has 0 aromatic carbocycles. The third kappa shape index (κ3) is 27.0. The Morgan fingerprint density at radius 1 is 0.538 bits per heavy atom. The highest BCUT2D eigenvalue weighted by molar-refractivity contribution is 5.70. The van der Waals surface area contributed by atoms with Gasteiger partial charge in [-0.1, -0.05) is 0 Å². The van der Waals surface area contributed by atoms with Gasteiger partial charge in [-0.05, 0) is 19.3 Å². The van der Waals surface area contributed by atoms with Gasteiger partial charge in [-0.25, -0.2) is 4.79 Å². The Labute approximate surface area is 232 Å². The predicted molar refractivity (Wildman–Crippen MR) is 139 cm³/mol. The van der Waals surface area contributed by atoms with Gasteiger partial charge in [0.2, 0.25) is 0 Å². The molecule has 232 valence electrons. The highest BCUT2D eigenvalue weighted by atomic mass is 16.7. The Morgan fingerprint density at radius 3 is 1.23 bits per heavy atom. The molecule has 1 heterocycles. The van der Waals surface area contributed by atoms with E-state index in [-0.39, 0.29) is 12.9 Å². The lowest BCUT2D eigenvalue weighted by Crippen LogP contribution is -2.24. The topological polar surface area (TPSA) is 128 Å². The van der Waals surface area contributed by atoms with Crippen LogP contribution >= 0.6 is 0 Å².